The zero-order chi connectivity index (χ0) is 13.7. The minimum Gasteiger partial charge on any atom is -0.504 e. The lowest BCUT2D eigenvalue weighted by molar-refractivity contribution is -0.140. The number of methoxy groups -OCH3 is 1. The summed E-state index contributed by atoms with van der Waals surface area (Å²) in [5.74, 6) is -2.30. The van der Waals surface area contributed by atoms with Crippen LogP contribution in [-0.4, -0.2) is 35.7 Å². The molecule has 6 nitrogen and oxygen atoms in total. The van der Waals surface area contributed by atoms with E-state index in [1.54, 1.807) is 6.07 Å². The third-order valence-electron chi connectivity index (χ3n) is 2.45. The highest BCUT2D eigenvalue weighted by molar-refractivity contribution is 5.97. The van der Waals surface area contributed by atoms with Gasteiger partial charge < -0.3 is 20.3 Å². The molecular weight excluding hydrogens is 238 g/mol. The molecule has 6 heteroatoms. The molecule has 0 aromatic heterocycles. The Labute approximate surface area is 104 Å². The normalized spacial score (nSPS) is 11.7. The number of carboxylic acid groups (broad SMARTS) is 1. The highest BCUT2D eigenvalue weighted by Crippen LogP contribution is 2.29. The van der Waals surface area contributed by atoms with Crippen LogP contribution in [0.5, 0.6) is 11.5 Å². The van der Waals surface area contributed by atoms with Crippen LogP contribution in [-0.2, 0) is 4.79 Å². The maximum Gasteiger partial charge on any atom is 0.308 e. The molecule has 1 aromatic rings. The number of phenolic OH excluding ortho intramolecular Hbond substituents is 1. The standard InChI is InChI=1S/C12H15NO5/c1-7(12(16)17)6-13-11(15)8-4-3-5-9(18-2)10(8)14/h3-5,7,14H,6H2,1-2H3,(H,13,15)(H,16,17). The summed E-state index contributed by atoms with van der Waals surface area (Å²) in [6.07, 6.45) is 0. The number of nitrogens with one attached hydrogen (secondary N) is 1. The van der Waals surface area contributed by atoms with Crippen LogP contribution in [0.1, 0.15) is 17.3 Å². The first-order valence-electron chi connectivity index (χ1n) is 5.34. The molecule has 1 unspecified atom stereocenters. The second kappa shape index (κ2) is 5.90. The van der Waals surface area contributed by atoms with Crippen LogP contribution in [0.25, 0.3) is 0 Å². The van der Waals surface area contributed by atoms with Gasteiger partial charge in [-0.25, -0.2) is 0 Å². The number of carbonyl (C=O) groups is 2. The summed E-state index contributed by atoms with van der Waals surface area (Å²) < 4.78 is 4.88. The molecule has 0 aliphatic rings. The topological polar surface area (TPSA) is 95.9 Å². The molecule has 0 saturated carbocycles. The van der Waals surface area contributed by atoms with E-state index in [9.17, 15) is 14.7 Å². The Kier molecular flexibility index (Phi) is 4.53. The Morgan fingerprint density at radius 1 is 1.44 bits per heavy atom. The first-order valence-corrected chi connectivity index (χ1v) is 5.34. The molecule has 1 aromatic carbocycles. The van der Waals surface area contributed by atoms with Crippen molar-refractivity contribution in [3.8, 4) is 11.5 Å². The van der Waals surface area contributed by atoms with Crippen molar-refractivity contribution in [2.45, 2.75) is 6.92 Å². The number of hydrogen-bond donors (Lipinski definition) is 3. The number of aromatic hydroxyl groups is 1. The summed E-state index contributed by atoms with van der Waals surface area (Å²) in [6.45, 7) is 1.47. The molecule has 0 bridgehead atoms. The highest BCUT2D eigenvalue weighted by atomic mass is 16.5. The fourth-order valence-corrected chi connectivity index (χ4v) is 1.30. The third kappa shape index (κ3) is 3.13. The van der Waals surface area contributed by atoms with E-state index in [1.165, 1.54) is 26.2 Å². The van der Waals surface area contributed by atoms with Gasteiger partial charge in [0.25, 0.3) is 5.91 Å². The number of ether oxygens (including phenoxy) is 1. The molecule has 0 spiro atoms. The van der Waals surface area contributed by atoms with Crippen LogP contribution in [0.4, 0.5) is 0 Å². The van der Waals surface area contributed by atoms with E-state index < -0.39 is 17.8 Å². The maximum atomic E-state index is 11.7. The van der Waals surface area contributed by atoms with E-state index in [4.69, 9.17) is 9.84 Å². The van der Waals surface area contributed by atoms with Gasteiger partial charge in [0.05, 0.1) is 18.6 Å². The van der Waals surface area contributed by atoms with Gasteiger partial charge in [-0.1, -0.05) is 13.0 Å². The number of benzene rings is 1. The zero-order valence-electron chi connectivity index (χ0n) is 10.1. The molecule has 0 radical (unpaired) electrons. The van der Waals surface area contributed by atoms with E-state index in [0.29, 0.717) is 0 Å². The highest BCUT2D eigenvalue weighted by Gasteiger charge is 2.17. The average Bonchev–Trinajstić information content (AvgIpc) is 2.35. The van der Waals surface area contributed by atoms with Gasteiger partial charge in [-0.2, -0.15) is 0 Å². The first kappa shape index (κ1) is 13.8. The van der Waals surface area contributed by atoms with Gasteiger partial charge in [0.1, 0.15) is 0 Å². The van der Waals surface area contributed by atoms with Gasteiger partial charge in [-0.05, 0) is 12.1 Å². The number of rotatable bonds is 5. The van der Waals surface area contributed by atoms with E-state index in [2.05, 4.69) is 5.32 Å². The van der Waals surface area contributed by atoms with Crippen LogP contribution in [0.15, 0.2) is 18.2 Å². The van der Waals surface area contributed by atoms with E-state index in [-0.39, 0.29) is 23.6 Å². The molecule has 98 valence electrons. The molecule has 0 fully saturated rings. The number of carbonyl (C=O) groups excluding carboxylic acids is 1. The van der Waals surface area contributed by atoms with Gasteiger partial charge in [0.15, 0.2) is 11.5 Å². The zero-order valence-corrected chi connectivity index (χ0v) is 10.1. The van der Waals surface area contributed by atoms with Crippen LogP contribution < -0.4 is 10.1 Å². The van der Waals surface area contributed by atoms with E-state index >= 15 is 0 Å². The Morgan fingerprint density at radius 3 is 2.67 bits per heavy atom. The number of carboxylic acids is 1. The fourth-order valence-electron chi connectivity index (χ4n) is 1.30. The Balaban J connectivity index is 2.76. The minimum atomic E-state index is -0.995. The van der Waals surface area contributed by atoms with Crippen LogP contribution >= 0.6 is 0 Å². The summed E-state index contributed by atoms with van der Waals surface area (Å²) in [7, 11) is 1.38. The molecule has 0 heterocycles. The molecule has 18 heavy (non-hydrogen) atoms. The van der Waals surface area contributed by atoms with Crippen LogP contribution in [0, 0.1) is 5.92 Å². The summed E-state index contributed by atoms with van der Waals surface area (Å²) in [4.78, 5) is 22.3. The van der Waals surface area contributed by atoms with Crippen molar-refractivity contribution in [3.05, 3.63) is 23.8 Å². The number of aliphatic carboxylic acids is 1. The first-order chi connectivity index (χ1) is 8.47. The molecule has 0 saturated heterocycles. The largest absolute Gasteiger partial charge is 0.504 e. The van der Waals surface area contributed by atoms with Gasteiger partial charge in [-0.3, -0.25) is 9.59 Å². The molecule has 0 aliphatic carbocycles. The lowest BCUT2D eigenvalue weighted by Gasteiger charge is -2.11. The number of phenols is 1. The lowest BCUT2D eigenvalue weighted by atomic mass is 10.1. The van der Waals surface area contributed by atoms with Crippen LogP contribution in [0.2, 0.25) is 0 Å². The molecule has 1 amide bonds. The number of para-hydroxylation sites is 1. The fraction of sp³-hybridized carbons (Fsp3) is 0.333. The van der Waals surface area contributed by atoms with Gasteiger partial charge in [0.2, 0.25) is 0 Å². The third-order valence-corrected chi connectivity index (χ3v) is 2.45. The van der Waals surface area contributed by atoms with Gasteiger partial charge in [0, 0.05) is 6.54 Å². The Morgan fingerprint density at radius 2 is 2.11 bits per heavy atom. The predicted octanol–water partition coefficient (Wildman–Crippen LogP) is 0.851. The summed E-state index contributed by atoms with van der Waals surface area (Å²) >= 11 is 0. The van der Waals surface area contributed by atoms with Gasteiger partial charge in [-0.15, -0.1) is 0 Å². The predicted molar refractivity (Wildman–Crippen MR) is 63.8 cm³/mol. The number of amides is 1. The SMILES string of the molecule is COc1cccc(C(=O)NCC(C)C(=O)O)c1O. The Hall–Kier alpha value is -2.24. The molecule has 1 atom stereocenters. The van der Waals surface area contributed by atoms with Crippen molar-refractivity contribution in [2.24, 2.45) is 5.92 Å². The Bertz CT molecular complexity index is 458. The minimum absolute atomic E-state index is 0.00911. The molecular formula is C12H15NO5. The van der Waals surface area contributed by atoms with Crippen LogP contribution in [0.3, 0.4) is 0 Å². The van der Waals surface area contributed by atoms with E-state index in [0.717, 1.165) is 0 Å². The van der Waals surface area contributed by atoms with E-state index in [1.807, 2.05) is 0 Å². The monoisotopic (exact) mass is 253 g/mol. The summed E-state index contributed by atoms with van der Waals surface area (Å²) in [5.41, 5.74) is 0.0481. The van der Waals surface area contributed by atoms with Crippen molar-refractivity contribution < 1.29 is 24.5 Å². The number of hydrogen-bond acceptors (Lipinski definition) is 4. The maximum absolute atomic E-state index is 11.7. The van der Waals surface area contributed by atoms with Crippen molar-refractivity contribution in [1.82, 2.24) is 5.32 Å². The molecule has 1 rings (SSSR count). The second-order valence-electron chi connectivity index (χ2n) is 3.81. The molecule has 0 aliphatic heterocycles. The lowest BCUT2D eigenvalue weighted by Crippen LogP contribution is -2.31. The van der Waals surface area contributed by atoms with Crippen molar-refractivity contribution in [2.75, 3.05) is 13.7 Å². The van der Waals surface area contributed by atoms with Crippen molar-refractivity contribution in [3.63, 3.8) is 0 Å². The summed E-state index contributed by atoms with van der Waals surface area (Å²) in [5, 5.41) is 20.8. The van der Waals surface area contributed by atoms with Crippen molar-refractivity contribution in [1.29, 1.82) is 0 Å². The average molecular weight is 253 g/mol. The smallest absolute Gasteiger partial charge is 0.308 e. The molecule has 3 N–H and O–H groups in total. The summed E-state index contributed by atoms with van der Waals surface area (Å²) in [6, 6.07) is 4.51. The quantitative estimate of drug-likeness (QED) is 0.723. The second-order valence-corrected chi connectivity index (χ2v) is 3.81. The van der Waals surface area contributed by atoms with Gasteiger partial charge >= 0.3 is 5.97 Å². The van der Waals surface area contributed by atoms with Crippen molar-refractivity contribution >= 4 is 11.9 Å².